The minimum atomic E-state index is -0.443. The number of nitrogens with zero attached hydrogens (tertiary/aromatic N) is 1. The third-order valence-electron chi connectivity index (χ3n) is 4.70. The van der Waals surface area contributed by atoms with Gasteiger partial charge in [-0.3, -0.25) is 4.90 Å². The average molecular weight is 291 g/mol. The summed E-state index contributed by atoms with van der Waals surface area (Å²) < 4.78 is 11.3. The summed E-state index contributed by atoms with van der Waals surface area (Å²) in [6, 6.07) is 7.92. The smallest absolute Gasteiger partial charge is 0.122 e. The van der Waals surface area contributed by atoms with Crippen LogP contribution >= 0.6 is 0 Å². The van der Waals surface area contributed by atoms with E-state index in [-0.39, 0.29) is 0 Å². The molecule has 0 bridgehead atoms. The maximum absolute atomic E-state index is 10.2. The molecule has 0 aliphatic carbocycles. The number of hydrogen-bond acceptors (Lipinski definition) is 4. The molecule has 4 heteroatoms. The van der Waals surface area contributed by atoms with Crippen molar-refractivity contribution in [1.29, 1.82) is 0 Å². The highest BCUT2D eigenvalue weighted by atomic mass is 16.5. The second-order valence-electron chi connectivity index (χ2n) is 6.52. The van der Waals surface area contributed by atoms with E-state index in [4.69, 9.17) is 9.47 Å². The molecule has 1 spiro atoms. The Hall–Kier alpha value is -1.10. The van der Waals surface area contributed by atoms with Gasteiger partial charge in [0.2, 0.25) is 0 Å². The summed E-state index contributed by atoms with van der Waals surface area (Å²) in [4.78, 5) is 2.35. The van der Waals surface area contributed by atoms with Crippen LogP contribution in [-0.2, 0) is 4.74 Å². The highest BCUT2D eigenvalue weighted by Gasteiger charge is 2.41. The molecule has 2 saturated heterocycles. The molecule has 21 heavy (non-hydrogen) atoms. The van der Waals surface area contributed by atoms with Crippen LogP contribution in [0.4, 0.5) is 0 Å². The molecular weight excluding hydrogens is 266 g/mol. The van der Waals surface area contributed by atoms with Crippen LogP contribution in [0.1, 0.15) is 18.4 Å². The Morgan fingerprint density at radius 2 is 2.24 bits per heavy atom. The van der Waals surface area contributed by atoms with E-state index < -0.39 is 6.10 Å². The van der Waals surface area contributed by atoms with Crippen molar-refractivity contribution in [2.75, 3.05) is 39.5 Å². The van der Waals surface area contributed by atoms with Gasteiger partial charge in [0.15, 0.2) is 0 Å². The molecule has 1 N–H and O–H groups in total. The van der Waals surface area contributed by atoms with Gasteiger partial charge in [-0.15, -0.1) is 0 Å². The maximum atomic E-state index is 10.2. The molecule has 0 saturated carbocycles. The number of hydrogen-bond donors (Lipinski definition) is 1. The number of β-amino-alcohol motifs (C(OH)–C–C–N with tert-alkyl or cyclic N) is 1. The van der Waals surface area contributed by atoms with E-state index in [0.717, 1.165) is 37.6 Å². The zero-order valence-corrected chi connectivity index (χ0v) is 12.8. The molecule has 1 aromatic carbocycles. The normalized spacial score (nSPS) is 27.3. The largest absolute Gasteiger partial charge is 0.491 e. The van der Waals surface area contributed by atoms with Gasteiger partial charge < -0.3 is 14.6 Å². The number of aryl methyl sites for hydroxylation is 1. The van der Waals surface area contributed by atoms with Gasteiger partial charge in [0.1, 0.15) is 18.5 Å². The lowest BCUT2D eigenvalue weighted by Gasteiger charge is -2.24. The Balaban J connectivity index is 1.44. The number of benzene rings is 1. The lowest BCUT2D eigenvalue weighted by Crippen LogP contribution is -2.36. The summed E-state index contributed by atoms with van der Waals surface area (Å²) in [5, 5.41) is 10.2. The Bertz CT molecular complexity index is 471. The van der Waals surface area contributed by atoms with E-state index >= 15 is 0 Å². The van der Waals surface area contributed by atoms with Crippen molar-refractivity contribution in [2.45, 2.75) is 25.9 Å². The first-order chi connectivity index (χ1) is 10.2. The van der Waals surface area contributed by atoms with Crippen molar-refractivity contribution in [1.82, 2.24) is 4.90 Å². The second kappa shape index (κ2) is 6.34. The van der Waals surface area contributed by atoms with Crippen molar-refractivity contribution in [2.24, 2.45) is 5.41 Å². The molecule has 2 heterocycles. The molecule has 3 rings (SSSR count). The minimum absolute atomic E-state index is 0.352. The van der Waals surface area contributed by atoms with Crippen LogP contribution in [-0.4, -0.2) is 55.6 Å². The predicted octanol–water partition coefficient (Wildman–Crippen LogP) is 1.85. The molecule has 116 valence electrons. The van der Waals surface area contributed by atoms with Gasteiger partial charge in [0.05, 0.1) is 6.61 Å². The molecule has 0 aromatic heterocycles. The zero-order chi connectivity index (χ0) is 14.7. The number of aliphatic hydroxyl groups excluding tert-OH is 1. The minimum Gasteiger partial charge on any atom is -0.491 e. The van der Waals surface area contributed by atoms with Gasteiger partial charge in [-0.05, 0) is 37.9 Å². The highest BCUT2D eigenvalue weighted by Crippen LogP contribution is 2.38. The fourth-order valence-electron chi connectivity index (χ4n) is 3.41. The molecule has 2 aliphatic rings. The molecule has 4 nitrogen and oxygen atoms in total. The van der Waals surface area contributed by atoms with E-state index in [1.54, 1.807) is 0 Å². The molecule has 0 amide bonds. The lowest BCUT2D eigenvalue weighted by atomic mass is 9.87. The molecule has 1 aromatic rings. The van der Waals surface area contributed by atoms with E-state index in [1.165, 1.54) is 12.8 Å². The van der Waals surface area contributed by atoms with Crippen LogP contribution in [0.25, 0.3) is 0 Å². The maximum Gasteiger partial charge on any atom is 0.122 e. The fourth-order valence-corrected chi connectivity index (χ4v) is 3.41. The van der Waals surface area contributed by atoms with Gasteiger partial charge in [-0.25, -0.2) is 0 Å². The monoisotopic (exact) mass is 291 g/mol. The van der Waals surface area contributed by atoms with Crippen molar-refractivity contribution in [3.8, 4) is 5.75 Å². The third kappa shape index (κ3) is 3.57. The molecule has 2 aliphatic heterocycles. The number of para-hydroxylation sites is 1. The highest BCUT2D eigenvalue weighted by molar-refractivity contribution is 5.31. The summed E-state index contributed by atoms with van der Waals surface area (Å²) >= 11 is 0. The number of rotatable bonds is 5. The standard InChI is InChI=1S/C17H25NO3/c1-14-4-2-3-5-16(14)21-11-15(19)10-18-8-6-17(12-18)7-9-20-13-17/h2-5,15,19H,6-13H2,1H3. The zero-order valence-electron chi connectivity index (χ0n) is 12.8. The average Bonchev–Trinajstić information content (AvgIpc) is 3.09. The summed E-state index contributed by atoms with van der Waals surface area (Å²) in [6.07, 6.45) is 1.92. The van der Waals surface area contributed by atoms with Gasteiger partial charge in [0.25, 0.3) is 0 Å². The predicted molar refractivity (Wildman–Crippen MR) is 81.6 cm³/mol. The SMILES string of the molecule is Cc1ccccc1OCC(O)CN1CCC2(CCOC2)C1. The van der Waals surface area contributed by atoms with E-state index in [0.29, 0.717) is 18.6 Å². The quantitative estimate of drug-likeness (QED) is 0.899. The van der Waals surface area contributed by atoms with E-state index in [9.17, 15) is 5.11 Å². The molecule has 0 radical (unpaired) electrons. The van der Waals surface area contributed by atoms with Crippen LogP contribution in [0, 0.1) is 12.3 Å². The summed E-state index contributed by atoms with van der Waals surface area (Å²) in [7, 11) is 0. The number of ether oxygens (including phenoxy) is 2. The van der Waals surface area contributed by atoms with Crippen LogP contribution in [0.3, 0.4) is 0 Å². The first-order valence-electron chi connectivity index (χ1n) is 7.84. The third-order valence-corrected chi connectivity index (χ3v) is 4.70. The summed E-state index contributed by atoms with van der Waals surface area (Å²) in [6.45, 7) is 6.95. The van der Waals surface area contributed by atoms with Crippen LogP contribution in [0.2, 0.25) is 0 Å². The fraction of sp³-hybridized carbons (Fsp3) is 0.647. The first kappa shape index (κ1) is 14.8. The lowest BCUT2D eigenvalue weighted by molar-refractivity contribution is 0.0702. The van der Waals surface area contributed by atoms with Crippen LogP contribution in [0.5, 0.6) is 5.75 Å². The van der Waals surface area contributed by atoms with Crippen LogP contribution in [0.15, 0.2) is 24.3 Å². The Kier molecular flexibility index (Phi) is 4.48. The van der Waals surface area contributed by atoms with Gasteiger partial charge in [-0.1, -0.05) is 18.2 Å². The molecule has 2 atom stereocenters. The molecule has 2 fully saturated rings. The Labute approximate surface area is 126 Å². The van der Waals surface area contributed by atoms with Crippen molar-refractivity contribution >= 4 is 0 Å². The van der Waals surface area contributed by atoms with Crippen molar-refractivity contribution < 1.29 is 14.6 Å². The molecular formula is C17H25NO3. The number of likely N-dealkylation sites (tertiary alicyclic amines) is 1. The number of aliphatic hydroxyl groups is 1. The van der Waals surface area contributed by atoms with Gasteiger partial charge >= 0.3 is 0 Å². The van der Waals surface area contributed by atoms with Gasteiger partial charge in [0, 0.05) is 25.1 Å². The summed E-state index contributed by atoms with van der Waals surface area (Å²) in [5.41, 5.74) is 1.46. The summed E-state index contributed by atoms with van der Waals surface area (Å²) in [5.74, 6) is 0.860. The van der Waals surface area contributed by atoms with Crippen molar-refractivity contribution in [3.05, 3.63) is 29.8 Å². The van der Waals surface area contributed by atoms with Gasteiger partial charge in [-0.2, -0.15) is 0 Å². The second-order valence-corrected chi connectivity index (χ2v) is 6.52. The Morgan fingerprint density at radius 1 is 1.38 bits per heavy atom. The van der Waals surface area contributed by atoms with E-state index in [2.05, 4.69) is 4.90 Å². The first-order valence-corrected chi connectivity index (χ1v) is 7.84. The Morgan fingerprint density at radius 3 is 3.00 bits per heavy atom. The van der Waals surface area contributed by atoms with Crippen LogP contribution < -0.4 is 4.74 Å². The van der Waals surface area contributed by atoms with E-state index in [1.807, 2.05) is 31.2 Å². The molecule has 2 unspecified atom stereocenters. The topological polar surface area (TPSA) is 41.9 Å². The van der Waals surface area contributed by atoms with Crippen molar-refractivity contribution in [3.63, 3.8) is 0 Å².